The molecule has 0 atom stereocenters. The number of benzene rings is 1. The Hall–Kier alpha value is -2.87. The molecule has 0 aliphatic carbocycles. The molecule has 2 aromatic rings. The highest BCUT2D eigenvalue weighted by Gasteiger charge is 2.17. The number of nitro groups is 1. The third-order valence-electron chi connectivity index (χ3n) is 2.40. The molecule has 8 nitrogen and oxygen atoms in total. The molecular formula is C12H8ClN3O5. The van der Waals surface area contributed by atoms with Gasteiger partial charge in [-0.1, -0.05) is 11.6 Å². The summed E-state index contributed by atoms with van der Waals surface area (Å²) in [7, 11) is 0. The summed E-state index contributed by atoms with van der Waals surface area (Å²) in [6.45, 7) is 0. The molecule has 0 radical (unpaired) electrons. The number of aromatic hydroxyl groups is 1. The van der Waals surface area contributed by atoms with Crippen LogP contribution in [0.5, 0.6) is 5.75 Å². The molecule has 0 aliphatic heterocycles. The normalized spacial score (nSPS) is 10.7. The van der Waals surface area contributed by atoms with Gasteiger partial charge in [-0.05, 0) is 18.2 Å². The average molecular weight is 310 g/mol. The first-order valence-corrected chi connectivity index (χ1v) is 5.90. The van der Waals surface area contributed by atoms with Crippen LogP contribution in [0.1, 0.15) is 16.1 Å². The summed E-state index contributed by atoms with van der Waals surface area (Å²) in [4.78, 5) is 21.5. The van der Waals surface area contributed by atoms with Crippen LogP contribution in [0.2, 0.25) is 5.02 Å². The molecule has 9 heteroatoms. The van der Waals surface area contributed by atoms with Gasteiger partial charge in [-0.15, -0.1) is 0 Å². The molecule has 0 saturated heterocycles. The Balaban J connectivity index is 2.18. The standard InChI is InChI=1S/C12H8ClN3O5/c13-8-4-7(11(17)9(5-8)16(19)20)6-14-15-12(18)10-2-1-3-21-10/h1-6,17H,(H,15,18)/b14-6-. The number of carbonyl (C=O) groups excluding carboxylic acids is 1. The molecule has 1 aromatic heterocycles. The van der Waals surface area contributed by atoms with Crippen LogP contribution in [0.15, 0.2) is 40.0 Å². The maximum atomic E-state index is 11.5. The molecule has 0 fully saturated rings. The number of phenolic OH excluding ortho intramolecular Hbond substituents is 1. The molecular weight excluding hydrogens is 302 g/mol. The summed E-state index contributed by atoms with van der Waals surface area (Å²) in [5, 5.41) is 24.1. The lowest BCUT2D eigenvalue weighted by Crippen LogP contribution is -2.16. The molecule has 0 saturated carbocycles. The van der Waals surface area contributed by atoms with Crippen molar-refractivity contribution in [2.24, 2.45) is 5.10 Å². The van der Waals surface area contributed by atoms with Crippen LogP contribution in [0.25, 0.3) is 0 Å². The van der Waals surface area contributed by atoms with Crippen molar-refractivity contribution in [1.29, 1.82) is 0 Å². The van der Waals surface area contributed by atoms with Crippen molar-refractivity contribution < 1.29 is 19.2 Å². The van der Waals surface area contributed by atoms with E-state index in [1.807, 2.05) is 0 Å². The van der Waals surface area contributed by atoms with E-state index in [-0.39, 0.29) is 16.3 Å². The Labute approximate surface area is 122 Å². The molecule has 0 spiro atoms. The van der Waals surface area contributed by atoms with E-state index < -0.39 is 22.3 Å². The molecule has 1 amide bonds. The first kappa shape index (κ1) is 14.5. The van der Waals surface area contributed by atoms with Crippen molar-refractivity contribution in [1.82, 2.24) is 5.43 Å². The van der Waals surface area contributed by atoms with E-state index in [0.717, 1.165) is 12.3 Å². The number of hydrogen-bond acceptors (Lipinski definition) is 6. The summed E-state index contributed by atoms with van der Waals surface area (Å²) >= 11 is 5.71. The molecule has 0 bridgehead atoms. The van der Waals surface area contributed by atoms with Crippen molar-refractivity contribution in [2.75, 3.05) is 0 Å². The Morgan fingerprint density at radius 3 is 2.90 bits per heavy atom. The third-order valence-corrected chi connectivity index (χ3v) is 2.61. The van der Waals surface area contributed by atoms with E-state index in [0.29, 0.717) is 0 Å². The van der Waals surface area contributed by atoms with E-state index in [1.165, 1.54) is 24.5 Å². The van der Waals surface area contributed by atoms with Gasteiger partial charge in [0.2, 0.25) is 5.75 Å². The summed E-state index contributed by atoms with van der Waals surface area (Å²) in [5.74, 6) is -1.15. The van der Waals surface area contributed by atoms with E-state index in [4.69, 9.17) is 16.0 Å². The van der Waals surface area contributed by atoms with Crippen molar-refractivity contribution in [3.8, 4) is 5.75 Å². The zero-order valence-electron chi connectivity index (χ0n) is 10.3. The fraction of sp³-hybridized carbons (Fsp3) is 0. The van der Waals surface area contributed by atoms with Crippen LogP contribution < -0.4 is 5.43 Å². The van der Waals surface area contributed by atoms with Gasteiger partial charge in [-0.25, -0.2) is 5.43 Å². The summed E-state index contributed by atoms with van der Waals surface area (Å²) in [5.41, 5.74) is 1.58. The van der Waals surface area contributed by atoms with E-state index in [9.17, 15) is 20.0 Å². The Morgan fingerprint density at radius 1 is 1.52 bits per heavy atom. The van der Waals surface area contributed by atoms with E-state index >= 15 is 0 Å². The number of rotatable bonds is 4. The highest BCUT2D eigenvalue weighted by molar-refractivity contribution is 6.31. The van der Waals surface area contributed by atoms with Gasteiger partial charge >= 0.3 is 11.6 Å². The maximum Gasteiger partial charge on any atom is 0.312 e. The first-order chi connectivity index (χ1) is 9.99. The van der Waals surface area contributed by atoms with E-state index in [1.54, 1.807) is 0 Å². The maximum absolute atomic E-state index is 11.5. The molecule has 1 aromatic carbocycles. The predicted octanol–water partition coefficient (Wildman–Crippen LogP) is 2.31. The molecule has 0 aliphatic rings. The van der Waals surface area contributed by atoms with Crippen LogP contribution in [-0.4, -0.2) is 22.2 Å². The van der Waals surface area contributed by atoms with Crippen molar-refractivity contribution in [3.05, 3.63) is 57.0 Å². The average Bonchev–Trinajstić information content (AvgIpc) is 2.95. The van der Waals surface area contributed by atoms with Crippen LogP contribution >= 0.6 is 11.6 Å². The number of halogens is 1. The number of hydrazone groups is 1. The lowest BCUT2D eigenvalue weighted by molar-refractivity contribution is -0.385. The highest BCUT2D eigenvalue weighted by Crippen LogP contribution is 2.32. The minimum absolute atomic E-state index is 0.00561. The summed E-state index contributed by atoms with van der Waals surface area (Å²) < 4.78 is 4.85. The van der Waals surface area contributed by atoms with Crippen LogP contribution in [0.4, 0.5) is 5.69 Å². The minimum Gasteiger partial charge on any atom is -0.502 e. The van der Waals surface area contributed by atoms with Crippen molar-refractivity contribution in [3.63, 3.8) is 0 Å². The second-order valence-electron chi connectivity index (χ2n) is 3.80. The van der Waals surface area contributed by atoms with Gasteiger partial charge in [0.1, 0.15) is 0 Å². The Kier molecular flexibility index (Phi) is 4.19. The number of nitrogens with one attached hydrogen (secondary N) is 1. The molecule has 2 N–H and O–H groups in total. The summed E-state index contributed by atoms with van der Waals surface area (Å²) in [6, 6.07) is 5.25. The predicted molar refractivity (Wildman–Crippen MR) is 73.5 cm³/mol. The van der Waals surface area contributed by atoms with Gasteiger partial charge < -0.3 is 9.52 Å². The molecule has 21 heavy (non-hydrogen) atoms. The van der Waals surface area contributed by atoms with Crippen LogP contribution in [-0.2, 0) is 0 Å². The zero-order valence-corrected chi connectivity index (χ0v) is 11.1. The van der Waals surface area contributed by atoms with Gasteiger partial charge in [-0.2, -0.15) is 5.10 Å². The highest BCUT2D eigenvalue weighted by atomic mass is 35.5. The monoisotopic (exact) mass is 309 g/mol. The number of nitrogens with zero attached hydrogens (tertiary/aromatic N) is 2. The second kappa shape index (κ2) is 6.06. The van der Waals surface area contributed by atoms with Crippen LogP contribution in [0.3, 0.4) is 0 Å². The smallest absolute Gasteiger partial charge is 0.312 e. The molecule has 0 unspecified atom stereocenters. The molecule has 1 heterocycles. The number of amides is 1. The molecule has 2 rings (SSSR count). The number of phenols is 1. The fourth-order valence-electron chi connectivity index (χ4n) is 1.47. The SMILES string of the molecule is O=C(N/N=C\c1cc(Cl)cc([N+](=O)[O-])c1O)c1ccco1. The van der Waals surface area contributed by atoms with E-state index in [2.05, 4.69) is 10.5 Å². The number of nitro benzene ring substituents is 1. The Morgan fingerprint density at radius 2 is 2.29 bits per heavy atom. The molecule has 108 valence electrons. The largest absolute Gasteiger partial charge is 0.502 e. The number of carbonyl (C=O) groups is 1. The third kappa shape index (κ3) is 3.37. The zero-order chi connectivity index (χ0) is 15.4. The summed E-state index contributed by atoms with van der Waals surface area (Å²) in [6.07, 6.45) is 2.36. The van der Waals surface area contributed by atoms with Crippen LogP contribution in [0, 0.1) is 10.1 Å². The van der Waals surface area contributed by atoms with Gasteiger partial charge in [0.05, 0.1) is 17.4 Å². The quantitative estimate of drug-likeness (QED) is 0.510. The van der Waals surface area contributed by atoms with Crippen molar-refractivity contribution >= 4 is 29.4 Å². The van der Waals surface area contributed by atoms with Crippen molar-refractivity contribution in [2.45, 2.75) is 0 Å². The number of hydrogen-bond donors (Lipinski definition) is 2. The number of furan rings is 1. The van der Waals surface area contributed by atoms with Gasteiger partial charge in [0.15, 0.2) is 5.76 Å². The second-order valence-corrected chi connectivity index (χ2v) is 4.23. The topological polar surface area (TPSA) is 118 Å². The van der Waals surface area contributed by atoms with Gasteiger partial charge in [0, 0.05) is 16.7 Å². The lowest BCUT2D eigenvalue weighted by Gasteiger charge is -2.01. The lowest BCUT2D eigenvalue weighted by atomic mass is 10.2. The van der Waals surface area contributed by atoms with Gasteiger partial charge in [0.25, 0.3) is 0 Å². The van der Waals surface area contributed by atoms with Gasteiger partial charge in [-0.3, -0.25) is 14.9 Å². The first-order valence-electron chi connectivity index (χ1n) is 5.53. The fourth-order valence-corrected chi connectivity index (χ4v) is 1.69. The minimum atomic E-state index is -0.778. The Bertz CT molecular complexity index is 712.